The lowest BCUT2D eigenvalue weighted by Crippen LogP contribution is -2.66. The molecule has 19 nitrogen and oxygen atoms in total. The average Bonchev–Trinajstić information content (AvgIpc) is 3.45. The lowest BCUT2D eigenvalue weighted by atomic mass is 9.96. The van der Waals surface area contributed by atoms with Gasteiger partial charge in [-0.15, -0.1) is 0 Å². The third kappa shape index (κ3) is 27.6. The zero-order valence-corrected chi connectivity index (χ0v) is 48.5. The lowest BCUT2D eigenvalue weighted by Gasteiger charge is -2.48. The predicted octanol–water partition coefficient (Wildman–Crippen LogP) is 5.87. The number of nitrogens with one attached hydrogen (secondary N) is 1. The minimum Gasteiger partial charge on any atom is -0.394 e. The molecule has 3 aliphatic rings. The Labute approximate surface area is 478 Å². The molecule has 0 radical (unpaired) electrons. The molecule has 466 valence electrons. The molecule has 17 unspecified atom stereocenters. The van der Waals surface area contributed by atoms with Gasteiger partial charge in [-0.2, -0.15) is 0 Å². The molecule has 12 N–H and O–H groups in total. The van der Waals surface area contributed by atoms with Crippen LogP contribution in [0.2, 0.25) is 0 Å². The van der Waals surface area contributed by atoms with Crippen molar-refractivity contribution in [3.8, 4) is 0 Å². The van der Waals surface area contributed by atoms with E-state index in [1.165, 1.54) is 83.5 Å². The Morgan fingerprint density at radius 2 is 0.863 bits per heavy atom. The molecule has 0 spiro atoms. The summed E-state index contributed by atoms with van der Waals surface area (Å²) in [7, 11) is 0. The van der Waals surface area contributed by atoms with Gasteiger partial charge in [0.05, 0.1) is 38.6 Å². The van der Waals surface area contributed by atoms with Gasteiger partial charge in [-0.05, 0) is 51.4 Å². The number of unbranched alkanes of at least 4 members (excludes halogenated alkanes) is 21. The Balaban J connectivity index is 1.48. The van der Waals surface area contributed by atoms with Crippen molar-refractivity contribution in [1.82, 2.24) is 5.32 Å². The van der Waals surface area contributed by atoms with E-state index in [4.69, 9.17) is 28.4 Å². The molecular formula is C61H109NO18. The quantitative estimate of drug-likeness (QED) is 0.0250. The summed E-state index contributed by atoms with van der Waals surface area (Å²) in [5.41, 5.74) is 0. The average molecular weight is 1140 g/mol. The summed E-state index contributed by atoms with van der Waals surface area (Å²) >= 11 is 0. The van der Waals surface area contributed by atoms with Gasteiger partial charge in [0.2, 0.25) is 5.91 Å². The summed E-state index contributed by atoms with van der Waals surface area (Å²) in [6.07, 6.45) is 21.9. The fourth-order valence-corrected chi connectivity index (χ4v) is 10.4. The fourth-order valence-electron chi connectivity index (χ4n) is 10.4. The maximum Gasteiger partial charge on any atom is 0.220 e. The number of allylic oxidation sites excluding steroid dienone is 8. The lowest BCUT2D eigenvalue weighted by molar-refractivity contribution is -0.379. The summed E-state index contributed by atoms with van der Waals surface area (Å²) in [5.74, 6) is -0.253. The number of aliphatic hydroxyl groups excluding tert-OH is 11. The van der Waals surface area contributed by atoms with Gasteiger partial charge >= 0.3 is 0 Å². The van der Waals surface area contributed by atoms with E-state index in [-0.39, 0.29) is 18.9 Å². The Morgan fingerprint density at radius 3 is 1.35 bits per heavy atom. The van der Waals surface area contributed by atoms with Crippen LogP contribution in [0.1, 0.15) is 200 Å². The normalized spacial score (nSPS) is 30.3. The standard InChI is InChI=1S/C61H109NO18/c1-3-5-7-9-11-13-15-17-19-20-21-22-23-24-25-27-29-31-33-35-37-39-49(67)62-44(45(66)38-36-34-32-30-28-26-18-16-14-12-10-8-6-4-2)43-75-59-55(73)52(70)57(47(41-64)77-59)80-61-56(74)53(71)58(48(42-65)78-61)79-60-54(72)51(69)50(68)46(40-63)76-60/h5,7,11,13,17,19,21-22,44-48,50-61,63-66,68-74H,3-4,6,8-10,12,14-16,18,20,23-43H2,1-2H3,(H,62,67)/b7-5-,13-11-,19-17-,22-21-. The van der Waals surface area contributed by atoms with Crippen LogP contribution in [-0.4, -0.2) is 193 Å². The Kier molecular flexibility index (Phi) is 39.8. The molecule has 17 atom stereocenters. The van der Waals surface area contributed by atoms with Crippen molar-refractivity contribution >= 4 is 5.91 Å². The molecule has 19 heteroatoms. The minimum atomic E-state index is -1.97. The maximum absolute atomic E-state index is 13.4. The molecule has 1 amide bonds. The summed E-state index contributed by atoms with van der Waals surface area (Å²) in [6.45, 7) is 1.66. The van der Waals surface area contributed by atoms with Gasteiger partial charge in [-0.1, -0.05) is 191 Å². The third-order valence-electron chi connectivity index (χ3n) is 15.4. The number of rotatable bonds is 45. The van der Waals surface area contributed by atoms with Gasteiger partial charge < -0.3 is 89.9 Å². The first-order valence-corrected chi connectivity index (χ1v) is 30.9. The van der Waals surface area contributed by atoms with Crippen LogP contribution >= 0.6 is 0 Å². The zero-order chi connectivity index (χ0) is 58.3. The van der Waals surface area contributed by atoms with Crippen LogP contribution in [-0.2, 0) is 33.2 Å². The SMILES string of the molecule is CC/C=C\C/C=C\C/C=C\C/C=C\CCCCCCCCCCC(=O)NC(COC1OC(CO)C(OC2OC(CO)C(OC3OC(CO)C(O)C(O)C3O)C(O)C2O)C(O)C1O)C(O)CCCCCCCCCCCCCCCC. The van der Waals surface area contributed by atoms with E-state index >= 15 is 0 Å². The molecule has 0 aliphatic carbocycles. The van der Waals surface area contributed by atoms with Crippen molar-refractivity contribution in [3.05, 3.63) is 48.6 Å². The number of aliphatic hydroxyl groups is 11. The smallest absolute Gasteiger partial charge is 0.220 e. The van der Waals surface area contributed by atoms with Crippen molar-refractivity contribution in [2.75, 3.05) is 26.4 Å². The van der Waals surface area contributed by atoms with Crippen LogP contribution < -0.4 is 5.32 Å². The van der Waals surface area contributed by atoms with Crippen molar-refractivity contribution in [3.63, 3.8) is 0 Å². The van der Waals surface area contributed by atoms with E-state index in [2.05, 4.69) is 67.8 Å². The fraction of sp³-hybridized carbons (Fsp3) is 0.852. The molecule has 0 aromatic heterocycles. The summed E-state index contributed by atoms with van der Waals surface area (Å²) < 4.78 is 34.3. The second-order valence-electron chi connectivity index (χ2n) is 22.1. The van der Waals surface area contributed by atoms with Gasteiger partial charge in [0, 0.05) is 6.42 Å². The molecular weight excluding hydrogens is 1030 g/mol. The second kappa shape index (κ2) is 44.3. The number of ether oxygens (including phenoxy) is 6. The summed E-state index contributed by atoms with van der Waals surface area (Å²) in [4.78, 5) is 13.4. The minimum absolute atomic E-state index is 0.253. The van der Waals surface area contributed by atoms with Gasteiger partial charge in [0.15, 0.2) is 18.9 Å². The first-order chi connectivity index (χ1) is 38.8. The molecule has 3 fully saturated rings. The molecule has 3 rings (SSSR count). The van der Waals surface area contributed by atoms with Gasteiger partial charge in [0.1, 0.15) is 73.2 Å². The van der Waals surface area contributed by atoms with Crippen molar-refractivity contribution in [2.24, 2.45) is 0 Å². The van der Waals surface area contributed by atoms with Crippen LogP contribution in [0.3, 0.4) is 0 Å². The van der Waals surface area contributed by atoms with Crippen LogP contribution in [0.4, 0.5) is 0 Å². The van der Waals surface area contributed by atoms with E-state index in [0.29, 0.717) is 12.8 Å². The molecule has 3 aliphatic heterocycles. The van der Waals surface area contributed by atoms with Crippen molar-refractivity contribution < 1.29 is 89.4 Å². The number of hydrogen-bond donors (Lipinski definition) is 12. The monoisotopic (exact) mass is 1140 g/mol. The number of amides is 1. The van der Waals surface area contributed by atoms with Crippen LogP contribution in [0.25, 0.3) is 0 Å². The summed E-state index contributed by atoms with van der Waals surface area (Å²) in [6, 6.07) is -0.892. The number of carbonyl (C=O) groups is 1. The third-order valence-corrected chi connectivity index (χ3v) is 15.4. The van der Waals surface area contributed by atoms with Crippen LogP contribution in [0, 0.1) is 0 Å². The molecule has 3 heterocycles. The summed E-state index contributed by atoms with van der Waals surface area (Å²) in [5, 5.41) is 120. The van der Waals surface area contributed by atoms with E-state index < -0.39 is 124 Å². The Bertz CT molecular complexity index is 1650. The van der Waals surface area contributed by atoms with Crippen LogP contribution in [0.15, 0.2) is 48.6 Å². The first kappa shape index (κ1) is 72.0. The van der Waals surface area contributed by atoms with Gasteiger partial charge in [-0.25, -0.2) is 0 Å². The largest absolute Gasteiger partial charge is 0.394 e. The van der Waals surface area contributed by atoms with Crippen molar-refractivity contribution in [2.45, 2.75) is 304 Å². The predicted molar refractivity (Wildman–Crippen MR) is 305 cm³/mol. The van der Waals surface area contributed by atoms with Gasteiger partial charge in [-0.3, -0.25) is 4.79 Å². The highest BCUT2D eigenvalue weighted by Crippen LogP contribution is 2.33. The molecule has 0 saturated carbocycles. The molecule has 0 bridgehead atoms. The number of carbonyl (C=O) groups excluding carboxylic acids is 1. The molecule has 3 saturated heterocycles. The second-order valence-corrected chi connectivity index (χ2v) is 22.1. The highest BCUT2D eigenvalue weighted by atomic mass is 16.8. The van der Waals surface area contributed by atoms with Crippen LogP contribution in [0.5, 0.6) is 0 Å². The van der Waals surface area contributed by atoms with Crippen molar-refractivity contribution in [1.29, 1.82) is 0 Å². The maximum atomic E-state index is 13.4. The number of hydrogen-bond acceptors (Lipinski definition) is 18. The highest BCUT2D eigenvalue weighted by Gasteiger charge is 2.53. The van der Waals surface area contributed by atoms with Gasteiger partial charge in [0.25, 0.3) is 0 Å². The molecule has 0 aromatic carbocycles. The zero-order valence-electron chi connectivity index (χ0n) is 48.5. The first-order valence-electron chi connectivity index (χ1n) is 30.9. The molecule has 80 heavy (non-hydrogen) atoms. The van der Waals surface area contributed by atoms with E-state index in [1.807, 2.05) is 0 Å². The van der Waals surface area contributed by atoms with E-state index in [1.54, 1.807) is 0 Å². The highest BCUT2D eigenvalue weighted by molar-refractivity contribution is 5.76. The van der Waals surface area contributed by atoms with E-state index in [0.717, 1.165) is 83.5 Å². The Morgan fingerprint density at radius 1 is 0.463 bits per heavy atom. The Hall–Kier alpha value is -2.25. The van der Waals surface area contributed by atoms with E-state index in [9.17, 15) is 61.0 Å². The topological polar surface area (TPSA) is 307 Å². The molecule has 0 aromatic rings.